The molecule has 0 amide bonds. The summed E-state index contributed by atoms with van der Waals surface area (Å²) in [5.41, 5.74) is 0.0467. The average molecular weight is 465 g/mol. The largest absolute Gasteiger partial charge is 0.384 e. The highest BCUT2D eigenvalue weighted by atomic mass is 127. The van der Waals surface area contributed by atoms with Gasteiger partial charge in [-0.2, -0.15) is 11.3 Å². The molecule has 0 aromatic carbocycles. The molecule has 1 aromatic rings. The zero-order chi connectivity index (χ0) is 16.3. The lowest BCUT2D eigenvalue weighted by molar-refractivity contribution is 0.0153. The second-order valence-corrected chi connectivity index (χ2v) is 7.36. The Morgan fingerprint density at radius 3 is 2.67 bits per heavy atom. The molecule has 0 radical (unpaired) electrons. The first-order chi connectivity index (χ1) is 11.1. The van der Waals surface area contributed by atoms with Crippen molar-refractivity contribution in [1.29, 1.82) is 0 Å². The predicted molar refractivity (Wildman–Crippen MR) is 110 cm³/mol. The number of fused-ring (bicyclic) bond motifs is 3. The Morgan fingerprint density at radius 1 is 1.38 bits per heavy atom. The Hall–Kier alpha value is -0.420. The fourth-order valence-corrected chi connectivity index (χ4v) is 4.06. The van der Waals surface area contributed by atoms with Gasteiger partial charge in [-0.25, -0.2) is 0 Å². The van der Waals surface area contributed by atoms with Crippen LogP contribution in [0.5, 0.6) is 0 Å². The third-order valence-corrected chi connectivity index (χ3v) is 5.55. The normalized spacial score (nSPS) is 28.8. The van der Waals surface area contributed by atoms with Gasteiger partial charge in [-0.3, -0.25) is 14.8 Å². The number of aliphatic hydroxyl groups is 1. The first kappa shape index (κ1) is 19.9. The van der Waals surface area contributed by atoms with Crippen molar-refractivity contribution < 1.29 is 5.11 Å². The molecule has 136 valence electrons. The summed E-state index contributed by atoms with van der Waals surface area (Å²) in [5, 5.41) is 21.2. The Labute approximate surface area is 165 Å². The summed E-state index contributed by atoms with van der Waals surface area (Å²) in [7, 11) is 1.77. The van der Waals surface area contributed by atoms with Crippen molar-refractivity contribution in [2.45, 2.75) is 18.6 Å². The summed E-state index contributed by atoms with van der Waals surface area (Å²) in [6, 6.07) is 2.51. The van der Waals surface area contributed by atoms with E-state index in [4.69, 9.17) is 0 Å². The van der Waals surface area contributed by atoms with Gasteiger partial charge in [0.1, 0.15) is 5.60 Å². The molecule has 3 aliphatic rings. The Morgan fingerprint density at radius 2 is 2.12 bits per heavy atom. The van der Waals surface area contributed by atoms with Crippen LogP contribution >= 0.6 is 35.3 Å². The third-order valence-electron chi connectivity index (χ3n) is 4.86. The van der Waals surface area contributed by atoms with E-state index in [1.165, 1.54) is 26.2 Å². The van der Waals surface area contributed by atoms with Gasteiger partial charge in [-0.15, -0.1) is 24.0 Å². The van der Waals surface area contributed by atoms with Gasteiger partial charge in [-0.1, -0.05) is 0 Å². The van der Waals surface area contributed by atoms with Crippen LogP contribution in [0.2, 0.25) is 0 Å². The van der Waals surface area contributed by atoms with Crippen molar-refractivity contribution in [2.24, 2.45) is 4.99 Å². The fourth-order valence-electron chi connectivity index (χ4n) is 3.28. The fraction of sp³-hybridized carbons (Fsp3) is 0.688. The Bertz CT molecular complexity index is 529. The van der Waals surface area contributed by atoms with Crippen LogP contribution in [0.3, 0.4) is 0 Å². The van der Waals surface area contributed by atoms with Crippen molar-refractivity contribution in [2.75, 3.05) is 52.9 Å². The Kier molecular flexibility index (Phi) is 7.29. The molecule has 3 saturated heterocycles. The number of rotatable bonds is 5. The number of hydrogen-bond donors (Lipinski definition) is 3. The lowest BCUT2D eigenvalue weighted by Gasteiger charge is -2.47. The van der Waals surface area contributed by atoms with Crippen LogP contribution in [-0.2, 0) is 5.60 Å². The summed E-state index contributed by atoms with van der Waals surface area (Å²) in [6.45, 7) is 9.03. The number of piperazine rings is 3. The van der Waals surface area contributed by atoms with Crippen molar-refractivity contribution in [1.82, 2.24) is 20.4 Å². The quantitative estimate of drug-likeness (QED) is 0.340. The molecule has 3 N–H and O–H groups in total. The minimum absolute atomic E-state index is 0. The van der Waals surface area contributed by atoms with E-state index in [0.717, 1.165) is 24.6 Å². The topological polar surface area (TPSA) is 63.1 Å². The molecular weight excluding hydrogens is 437 g/mol. The van der Waals surface area contributed by atoms with Gasteiger partial charge in [0.15, 0.2) is 5.96 Å². The van der Waals surface area contributed by atoms with Crippen LogP contribution in [0.25, 0.3) is 0 Å². The van der Waals surface area contributed by atoms with E-state index in [1.54, 1.807) is 18.4 Å². The van der Waals surface area contributed by atoms with E-state index in [2.05, 4.69) is 25.4 Å². The first-order valence-electron chi connectivity index (χ1n) is 8.24. The maximum absolute atomic E-state index is 10.6. The van der Waals surface area contributed by atoms with E-state index < -0.39 is 5.60 Å². The number of hydrogen-bond acceptors (Lipinski definition) is 5. The van der Waals surface area contributed by atoms with Crippen LogP contribution < -0.4 is 10.6 Å². The van der Waals surface area contributed by atoms with Crippen molar-refractivity contribution >= 4 is 41.3 Å². The molecule has 24 heavy (non-hydrogen) atoms. The van der Waals surface area contributed by atoms with Gasteiger partial charge in [0.05, 0.1) is 6.54 Å². The molecule has 2 atom stereocenters. The van der Waals surface area contributed by atoms with E-state index >= 15 is 0 Å². The Balaban J connectivity index is 0.00000208. The highest BCUT2D eigenvalue weighted by Crippen LogP contribution is 2.22. The van der Waals surface area contributed by atoms with Gasteiger partial charge in [-0.05, 0) is 29.3 Å². The lowest BCUT2D eigenvalue weighted by Crippen LogP contribution is -2.64. The number of aliphatic imine (C=N–C) groups is 1. The van der Waals surface area contributed by atoms with E-state index in [0.29, 0.717) is 12.6 Å². The maximum Gasteiger partial charge on any atom is 0.191 e. The molecule has 0 spiro atoms. The van der Waals surface area contributed by atoms with E-state index in [-0.39, 0.29) is 24.0 Å². The van der Waals surface area contributed by atoms with Gasteiger partial charge in [0.2, 0.25) is 0 Å². The molecule has 0 aliphatic carbocycles. The van der Waals surface area contributed by atoms with Crippen LogP contribution in [0, 0.1) is 0 Å². The van der Waals surface area contributed by atoms with Crippen molar-refractivity contribution in [3.05, 3.63) is 22.4 Å². The molecule has 3 fully saturated rings. The SMILES string of the molecule is CN=C(NCC1CN2CCN1CC2)NCC(C)(O)c1ccsc1.I. The number of nitrogens with one attached hydrogen (secondary N) is 2. The minimum Gasteiger partial charge on any atom is -0.384 e. The highest BCUT2D eigenvalue weighted by molar-refractivity contribution is 14.0. The van der Waals surface area contributed by atoms with E-state index in [1.807, 2.05) is 23.8 Å². The monoisotopic (exact) mass is 465 g/mol. The molecule has 1 aromatic heterocycles. The van der Waals surface area contributed by atoms with Gasteiger partial charge in [0, 0.05) is 52.4 Å². The number of halogens is 1. The predicted octanol–water partition coefficient (Wildman–Crippen LogP) is 0.738. The number of thiophene rings is 1. The zero-order valence-electron chi connectivity index (χ0n) is 14.4. The maximum atomic E-state index is 10.6. The molecule has 2 unspecified atom stereocenters. The summed E-state index contributed by atoms with van der Waals surface area (Å²) >= 11 is 1.60. The molecule has 4 heterocycles. The number of guanidine groups is 1. The van der Waals surface area contributed by atoms with Gasteiger partial charge < -0.3 is 15.7 Å². The highest BCUT2D eigenvalue weighted by Gasteiger charge is 2.31. The second kappa shape index (κ2) is 8.79. The van der Waals surface area contributed by atoms with Crippen LogP contribution in [0.4, 0.5) is 0 Å². The smallest absolute Gasteiger partial charge is 0.191 e. The molecule has 0 saturated carbocycles. The van der Waals surface area contributed by atoms with Crippen LogP contribution in [-0.4, -0.2) is 79.8 Å². The van der Waals surface area contributed by atoms with Crippen molar-refractivity contribution in [3.8, 4) is 0 Å². The second-order valence-electron chi connectivity index (χ2n) is 6.58. The minimum atomic E-state index is -0.892. The van der Waals surface area contributed by atoms with Crippen LogP contribution in [0.1, 0.15) is 12.5 Å². The molecule has 8 heteroatoms. The van der Waals surface area contributed by atoms with Crippen LogP contribution in [0.15, 0.2) is 21.8 Å². The average Bonchev–Trinajstić information content (AvgIpc) is 3.11. The van der Waals surface area contributed by atoms with Crippen molar-refractivity contribution in [3.63, 3.8) is 0 Å². The number of nitrogens with zero attached hydrogens (tertiary/aromatic N) is 3. The summed E-state index contributed by atoms with van der Waals surface area (Å²) in [4.78, 5) is 9.36. The molecule has 4 rings (SSSR count). The zero-order valence-corrected chi connectivity index (χ0v) is 17.5. The summed E-state index contributed by atoms with van der Waals surface area (Å²) < 4.78 is 0. The molecule has 3 aliphatic heterocycles. The molecular formula is C16H28IN5OS. The standard InChI is InChI=1S/C16H27N5OS.HI/c1-16(22,13-3-8-23-11-13)12-19-15(17-2)18-9-14-10-20-4-6-21(14)7-5-20;/h3,8,11,14,22H,4-7,9-10,12H2,1-2H3,(H2,17,18,19);1H. The van der Waals surface area contributed by atoms with Gasteiger partial charge >= 0.3 is 0 Å². The molecule has 2 bridgehead atoms. The van der Waals surface area contributed by atoms with Gasteiger partial charge in [0.25, 0.3) is 0 Å². The first-order valence-corrected chi connectivity index (χ1v) is 9.19. The van der Waals surface area contributed by atoms with E-state index in [9.17, 15) is 5.11 Å². The summed E-state index contributed by atoms with van der Waals surface area (Å²) in [5.74, 6) is 0.748. The lowest BCUT2D eigenvalue weighted by atomic mass is 9.99. The molecule has 6 nitrogen and oxygen atoms in total. The third kappa shape index (κ3) is 4.81. The summed E-state index contributed by atoms with van der Waals surface area (Å²) in [6.07, 6.45) is 0.